The van der Waals surface area contributed by atoms with E-state index in [0.29, 0.717) is 33.0 Å². The van der Waals surface area contributed by atoms with Crippen LogP contribution < -0.4 is 0 Å². The van der Waals surface area contributed by atoms with E-state index in [0.717, 1.165) is 28.0 Å². The lowest BCUT2D eigenvalue weighted by Gasteiger charge is -2.29. The summed E-state index contributed by atoms with van der Waals surface area (Å²) < 4.78 is 32.9. The molecule has 0 aliphatic carbocycles. The maximum Gasteiger partial charge on any atom is 0.132 e. The number of thioether (sulfide) groups is 1. The van der Waals surface area contributed by atoms with Gasteiger partial charge in [0.05, 0.1) is 33.0 Å². The second-order valence-corrected chi connectivity index (χ2v) is 11.7. The van der Waals surface area contributed by atoms with Crippen molar-refractivity contribution < 1.29 is 23.7 Å². The summed E-state index contributed by atoms with van der Waals surface area (Å²) in [6, 6.07) is 40.9. The topological polar surface area (TPSA) is 46.2 Å². The average molecular weight is 585 g/mol. The first kappa shape index (κ1) is 30.5. The Kier molecular flexibility index (Phi) is 12.1. The molecule has 0 unspecified atom stereocenters. The summed E-state index contributed by atoms with van der Waals surface area (Å²) in [6.45, 7) is 4.39. The first-order valence-electron chi connectivity index (χ1n) is 14.7. The van der Waals surface area contributed by atoms with Crippen LogP contribution in [0.3, 0.4) is 0 Å². The normalized spacial score (nSPS) is 20.9. The minimum atomic E-state index is -0.377. The van der Waals surface area contributed by atoms with Gasteiger partial charge in [0, 0.05) is 0 Å². The molecule has 1 fully saturated rings. The molecule has 42 heavy (non-hydrogen) atoms. The van der Waals surface area contributed by atoms with E-state index in [1.165, 1.54) is 0 Å². The van der Waals surface area contributed by atoms with Gasteiger partial charge in [-0.25, -0.2) is 0 Å². The highest BCUT2D eigenvalue weighted by Gasteiger charge is 2.50. The number of hydrogen-bond acceptors (Lipinski definition) is 6. The van der Waals surface area contributed by atoms with Gasteiger partial charge in [-0.1, -0.05) is 128 Å². The summed E-state index contributed by atoms with van der Waals surface area (Å²) in [5.41, 5.74) is 4.24. The van der Waals surface area contributed by atoms with Gasteiger partial charge in [0.2, 0.25) is 0 Å². The second-order valence-electron chi connectivity index (χ2n) is 10.3. The summed E-state index contributed by atoms with van der Waals surface area (Å²) >= 11 is 1.74. The van der Waals surface area contributed by atoms with Gasteiger partial charge in [-0.3, -0.25) is 0 Å². The van der Waals surface area contributed by atoms with E-state index in [9.17, 15) is 0 Å². The molecule has 4 aromatic carbocycles. The maximum atomic E-state index is 6.77. The molecule has 1 aliphatic heterocycles. The Hall–Kier alpha value is -2.97. The van der Waals surface area contributed by atoms with Crippen molar-refractivity contribution in [2.75, 3.05) is 12.4 Å². The van der Waals surface area contributed by atoms with Crippen molar-refractivity contribution in [2.24, 2.45) is 0 Å². The Labute approximate surface area is 254 Å². The van der Waals surface area contributed by atoms with Crippen LogP contribution in [0.25, 0.3) is 0 Å². The molecule has 1 heterocycles. The third-order valence-electron chi connectivity index (χ3n) is 7.18. The summed E-state index contributed by atoms with van der Waals surface area (Å²) in [5, 5.41) is 0. The van der Waals surface area contributed by atoms with Crippen LogP contribution in [0.15, 0.2) is 121 Å². The van der Waals surface area contributed by atoms with Gasteiger partial charge >= 0.3 is 0 Å². The Balaban J connectivity index is 1.37. The molecular weight excluding hydrogens is 544 g/mol. The zero-order valence-corrected chi connectivity index (χ0v) is 24.9. The van der Waals surface area contributed by atoms with Gasteiger partial charge in [0.15, 0.2) is 0 Å². The molecule has 0 bridgehead atoms. The third kappa shape index (κ3) is 9.01. The smallest absolute Gasteiger partial charge is 0.132 e. The fourth-order valence-corrected chi connectivity index (χ4v) is 5.99. The molecule has 5 nitrogen and oxygen atoms in total. The van der Waals surface area contributed by atoms with Crippen LogP contribution >= 0.6 is 11.8 Å². The molecule has 0 spiro atoms. The standard InChI is InChI=1S/C36H40O5S/c1-2-42-36-35(40-26-31-21-13-6-14-22-31)34(39-25-30-19-11-5-12-20-30)33(41-36)32(38-24-29-17-9-4-10-18-29)27-37-23-28-15-7-3-8-16-28/h3-22,32-36H,2,23-27H2,1H3/t32-,33+,34+,35-,36+/m1/s1. The molecule has 4 aromatic rings. The van der Waals surface area contributed by atoms with Crippen molar-refractivity contribution in [3.05, 3.63) is 144 Å². The van der Waals surface area contributed by atoms with E-state index >= 15 is 0 Å². The number of hydrogen-bond donors (Lipinski definition) is 0. The SMILES string of the molecule is CCS[C@@H]1O[C@@H]([C@@H](COCc2ccccc2)OCc2ccccc2)[C@H](OCc2ccccc2)[C@H]1OCc1ccccc1. The average Bonchev–Trinajstić information content (AvgIpc) is 3.39. The predicted molar refractivity (Wildman–Crippen MR) is 168 cm³/mol. The van der Waals surface area contributed by atoms with Gasteiger partial charge in [-0.15, -0.1) is 11.8 Å². The van der Waals surface area contributed by atoms with Gasteiger partial charge < -0.3 is 23.7 Å². The monoisotopic (exact) mass is 584 g/mol. The highest BCUT2D eigenvalue weighted by atomic mass is 32.2. The van der Waals surface area contributed by atoms with Gasteiger partial charge in [0.25, 0.3) is 0 Å². The maximum absolute atomic E-state index is 6.77. The predicted octanol–water partition coefficient (Wildman–Crippen LogP) is 7.44. The minimum Gasteiger partial charge on any atom is -0.374 e. The Morgan fingerprint density at radius 1 is 0.595 bits per heavy atom. The molecule has 0 aromatic heterocycles. The molecule has 220 valence electrons. The van der Waals surface area contributed by atoms with E-state index < -0.39 is 0 Å². The highest BCUT2D eigenvalue weighted by Crippen LogP contribution is 2.37. The minimum absolute atomic E-state index is 0.193. The van der Waals surface area contributed by atoms with Gasteiger partial charge in [-0.2, -0.15) is 0 Å². The number of benzene rings is 4. The van der Waals surface area contributed by atoms with Crippen molar-refractivity contribution in [1.29, 1.82) is 0 Å². The summed E-state index contributed by atoms with van der Waals surface area (Å²) in [4.78, 5) is 0. The Morgan fingerprint density at radius 2 is 1.05 bits per heavy atom. The third-order valence-corrected chi connectivity index (χ3v) is 8.22. The fourth-order valence-electron chi connectivity index (χ4n) is 5.03. The van der Waals surface area contributed by atoms with Crippen LogP contribution in [0.5, 0.6) is 0 Å². The molecule has 1 saturated heterocycles. The Morgan fingerprint density at radius 3 is 1.55 bits per heavy atom. The number of rotatable bonds is 16. The quantitative estimate of drug-likeness (QED) is 0.136. The van der Waals surface area contributed by atoms with Crippen LogP contribution in [-0.4, -0.2) is 42.2 Å². The van der Waals surface area contributed by atoms with Crippen LogP contribution in [0.4, 0.5) is 0 Å². The molecule has 5 rings (SSSR count). The molecule has 0 saturated carbocycles. The van der Waals surface area contributed by atoms with Crippen molar-refractivity contribution in [3.8, 4) is 0 Å². The molecule has 0 radical (unpaired) electrons. The van der Waals surface area contributed by atoms with Crippen LogP contribution in [0.2, 0.25) is 0 Å². The van der Waals surface area contributed by atoms with E-state index in [-0.39, 0.29) is 29.9 Å². The molecule has 1 aliphatic rings. The summed E-state index contributed by atoms with van der Waals surface area (Å²) in [6.07, 6.45) is -1.36. The first-order chi connectivity index (χ1) is 20.8. The van der Waals surface area contributed by atoms with Crippen LogP contribution in [-0.2, 0) is 50.1 Å². The zero-order valence-electron chi connectivity index (χ0n) is 24.1. The Bertz CT molecular complexity index is 1280. The molecule has 6 heteroatoms. The van der Waals surface area contributed by atoms with Crippen molar-refractivity contribution in [3.63, 3.8) is 0 Å². The van der Waals surface area contributed by atoms with E-state index in [2.05, 4.69) is 55.5 Å². The molecule has 0 amide bonds. The lowest BCUT2D eigenvalue weighted by Crippen LogP contribution is -2.44. The van der Waals surface area contributed by atoms with E-state index in [4.69, 9.17) is 23.7 Å². The van der Waals surface area contributed by atoms with Gasteiger partial charge in [0.1, 0.15) is 29.9 Å². The molecule has 5 atom stereocenters. The van der Waals surface area contributed by atoms with Crippen molar-refractivity contribution >= 4 is 11.8 Å². The molecule has 0 N–H and O–H groups in total. The van der Waals surface area contributed by atoms with Gasteiger partial charge in [-0.05, 0) is 28.0 Å². The van der Waals surface area contributed by atoms with Crippen LogP contribution in [0, 0.1) is 0 Å². The summed E-state index contributed by atoms with van der Waals surface area (Å²) in [5.74, 6) is 0.897. The lowest BCUT2D eigenvalue weighted by atomic mass is 10.1. The second kappa shape index (κ2) is 16.6. The summed E-state index contributed by atoms with van der Waals surface area (Å²) in [7, 11) is 0. The zero-order chi connectivity index (χ0) is 28.8. The lowest BCUT2D eigenvalue weighted by molar-refractivity contribution is -0.138. The van der Waals surface area contributed by atoms with Crippen LogP contribution in [0.1, 0.15) is 29.2 Å². The first-order valence-corrected chi connectivity index (χ1v) is 15.7. The van der Waals surface area contributed by atoms with E-state index in [1.807, 2.05) is 72.8 Å². The molecular formula is C36H40O5S. The fraction of sp³-hybridized carbons (Fsp3) is 0.333. The van der Waals surface area contributed by atoms with Crippen molar-refractivity contribution in [2.45, 2.75) is 63.2 Å². The number of ether oxygens (including phenoxy) is 5. The largest absolute Gasteiger partial charge is 0.374 e. The van der Waals surface area contributed by atoms with Crippen molar-refractivity contribution in [1.82, 2.24) is 0 Å². The van der Waals surface area contributed by atoms with E-state index in [1.54, 1.807) is 11.8 Å². The highest BCUT2D eigenvalue weighted by molar-refractivity contribution is 7.99.